The molecule has 5 atom stereocenters. The number of nitrogens with one attached hydrogen (secondary N) is 2. The molecule has 3 heterocycles. The molecule has 160 valence electrons. The van der Waals surface area contributed by atoms with Crippen molar-refractivity contribution in [2.75, 3.05) is 35.9 Å². The van der Waals surface area contributed by atoms with Crippen molar-refractivity contribution in [3.8, 4) is 0 Å². The number of imidazole rings is 1. The summed E-state index contributed by atoms with van der Waals surface area (Å²) in [6.45, 7) is -0.325. The van der Waals surface area contributed by atoms with Crippen LogP contribution in [-0.4, -0.2) is 67.7 Å². The number of ether oxygens (including phenoxy) is 1. The number of nitrogens with two attached hydrogens (primary N) is 1. The molecular formula is C14H23N7O6P2. The predicted octanol–water partition coefficient (Wildman–Crippen LogP) is -0.630. The van der Waals surface area contributed by atoms with Gasteiger partial charge in [0.1, 0.15) is 24.3 Å². The van der Waals surface area contributed by atoms with Crippen LogP contribution < -0.4 is 21.5 Å². The Hall–Kier alpha value is -2.01. The van der Waals surface area contributed by atoms with Crippen LogP contribution in [-0.2, 0) is 13.8 Å². The number of aliphatic hydroxyl groups is 1. The highest BCUT2D eigenvalue weighted by Gasteiger charge is 2.37. The van der Waals surface area contributed by atoms with Crippen molar-refractivity contribution in [2.24, 2.45) is 0 Å². The van der Waals surface area contributed by atoms with E-state index in [4.69, 9.17) is 15.0 Å². The lowest BCUT2D eigenvalue weighted by Crippen LogP contribution is -2.30. The lowest BCUT2D eigenvalue weighted by molar-refractivity contribution is -0.0113. The first kappa shape index (κ1) is 21.7. The molecule has 13 nitrogen and oxygen atoms in total. The molecule has 3 unspecified atom stereocenters. The molecule has 15 heteroatoms. The molecule has 0 bridgehead atoms. The Morgan fingerprint density at radius 1 is 1.62 bits per heavy atom. The summed E-state index contributed by atoms with van der Waals surface area (Å²) in [4.78, 5) is 34.1. The number of anilines is 3. The number of aromatic amines is 1. The predicted molar refractivity (Wildman–Crippen MR) is 109 cm³/mol. The van der Waals surface area contributed by atoms with E-state index in [0.717, 1.165) is 10.7 Å². The molecule has 1 aliphatic rings. The molecule has 0 saturated carbocycles. The van der Waals surface area contributed by atoms with Gasteiger partial charge in [-0.15, -0.1) is 9.24 Å². The zero-order valence-electron chi connectivity index (χ0n) is 15.5. The zero-order valence-corrected chi connectivity index (χ0v) is 17.6. The fourth-order valence-corrected chi connectivity index (χ4v) is 3.87. The third-order valence-corrected chi connectivity index (χ3v) is 6.13. The highest BCUT2D eigenvalue weighted by molar-refractivity contribution is 7.51. The minimum atomic E-state index is -4.14. The van der Waals surface area contributed by atoms with E-state index in [1.807, 2.05) is 0 Å². The Labute approximate surface area is 168 Å². The van der Waals surface area contributed by atoms with E-state index in [1.54, 1.807) is 11.9 Å². The maximum atomic E-state index is 12.2. The van der Waals surface area contributed by atoms with Crippen molar-refractivity contribution in [3.63, 3.8) is 0 Å². The Morgan fingerprint density at radius 2 is 2.38 bits per heavy atom. The fourth-order valence-electron chi connectivity index (χ4n) is 2.79. The van der Waals surface area contributed by atoms with Crippen molar-refractivity contribution in [1.82, 2.24) is 19.3 Å². The molecule has 0 aromatic carbocycles. The second-order valence-corrected chi connectivity index (χ2v) is 8.43. The Kier molecular flexibility index (Phi) is 6.57. The largest absolute Gasteiger partial charge is 0.437 e. The first-order valence-electron chi connectivity index (χ1n) is 8.58. The molecular weight excluding hydrogens is 424 g/mol. The van der Waals surface area contributed by atoms with Crippen molar-refractivity contribution < 1.29 is 23.8 Å². The molecule has 2 aromatic heterocycles. The van der Waals surface area contributed by atoms with Gasteiger partial charge in [0.2, 0.25) is 5.95 Å². The molecule has 0 spiro atoms. The lowest BCUT2D eigenvalue weighted by Gasteiger charge is -2.22. The summed E-state index contributed by atoms with van der Waals surface area (Å²) >= 11 is 0. The summed E-state index contributed by atoms with van der Waals surface area (Å²) in [6, 6.07) is 0. The number of aliphatic hydroxyl groups excluding tert-OH is 1. The Balaban J connectivity index is 1.68. The van der Waals surface area contributed by atoms with Gasteiger partial charge in [0, 0.05) is 32.1 Å². The van der Waals surface area contributed by atoms with Crippen molar-refractivity contribution in [3.05, 3.63) is 29.1 Å². The van der Waals surface area contributed by atoms with E-state index in [-0.39, 0.29) is 30.5 Å². The molecule has 0 radical (unpaired) electrons. The van der Waals surface area contributed by atoms with Crippen LogP contribution in [0, 0.1) is 0 Å². The molecule has 29 heavy (non-hydrogen) atoms. The van der Waals surface area contributed by atoms with Gasteiger partial charge >= 0.3 is 7.75 Å². The lowest BCUT2D eigenvalue weighted by atomic mass is 10.2. The SMILES string of the molecule is CN(CP)c1c(N[C@H]2CC(O)[C@@H](COP(=O)(O)n3ccnc3)O2)nc(N)[nH]c1=O. The van der Waals surface area contributed by atoms with Gasteiger partial charge < -0.3 is 30.7 Å². The van der Waals surface area contributed by atoms with Crippen LogP contribution in [0.25, 0.3) is 0 Å². The van der Waals surface area contributed by atoms with Crippen LogP contribution in [0.3, 0.4) is 0 Å². The van der Waals surface area contributed by atoms with Gasteiger partial charge in [-0.2, -0.15) is 4.98 Å². The van der Waals surface area contributed by atoms with Gasteiger partial charge in [-0.25, -0.2) is 13.9 Å². The number of H-pyrrole nitrogens is 1. The van der Waals surface area contributed by atoms with E-state index in [9.17, 15) is 19.4 Å². The summed E-state index contributed by atoms with van der Waals surface area (Å²) in [5, 5.41) is 13.2. The maximum Gasteiger partial charge on any atom is 0.437 e. The highest BCUT2D eigenvalue weighted by atomic mass is 31.2. The molecule has 0 aliphatic carbocycles. The number of nitrogens with zero attached hydrogens (tertiary/aromatic N) is 4. The second-order valence-electron chi connectivity index (χ2n) is 6.37. The quantitative estimate of drug-likeness (QED) is 0.325. The average molecular weight is 447 g/mol. The number of rotatable bonds is 8. The van der Waals surface area contributed by atoms with E-state index < -0.39 is 31.7 Å². The van der Waals surface area contributed by atoms with E-state index in [0.29, 0.717) is 6.29 Å². The first-order chi connectivity index (χ1) is 13.7. The normalized spacial score (nSPS) is 23.7. The van der Waals surface area contributed by atoms with Crippen molar-refractivity contribution >= 4 is 34.4 Å². The summed E-state index contributed by atoms with van der Waals surface area (Å²) in [6.07, 6.45) is 1.87. The number of hydrogen-bond donors (Lipinski definition) is 5. The van der Waals surface area contributed by atoms with E-state index in [1.165, 1.54) is 12.4 Å². The number of hydrogen-bond acceptors (Lipinski definition) is 10. The minimum absolute atomic E-state index is 0.0709. The topological polar surface area (TPSA) is 181 Å². The fraction of sp³-hybridized carbons (Fsp3) is 0.500. The van der Waals surface area contributed by atoms with Crippen LogP contribution in [0.5, 0.6) is 0 Å². The van der Waals surface area contributed by atoms with E-state index in [2.05, 4.69) is 29.5 Å². The summed E-state index contributed by atoms with van der Waals surface area (Å²) in [7, 11) is 0.0555. The van der Waals surface area contributed by atoms with Gasteiger partial charge in [0.25, 0.3) is 5.56 Å². The smallest absolute Gasteiger partial charge is 0.390 e. The monoisotopic (exact) mass is 447 g/mol. The van der Waals surface area contributed by atoms with Crippen LogP contribution in [0.4, 0.5) is 17.5 Å². The summed E-state index contributed by atoms with van der Waals surface area (Å²) in [5.74, 6) is 0.125. The molecule has 1 aliphatic heterocycles. The van der Waals surface area contributed by atoms with Crippen LogP contribution in [0.15, 0.2) is 23.5 Å². The third kappa shape index (κ3) is 4.95. The molecule has 1 fully saturated rings. The van der Waals surface area contributed by atoms with Crippen LogP contribution in [0.2, 0.25) is 0 Å². The van der Waals surface area contributed by atoms with Gasteiger partial charge in [-0.05, 0) is 0 Å². The number of nitrogen functional groups attached to an aromatic ring is 1. The molecule has 1 saturated heterocycles. The first-order valence-corrected chi connectivity index (χ1v) is 10.9. The molecule has 0 amide bonds. The van der Waals surface area contributed by atoms with Crippen LogP contribution >= 0.6 is 17.0 Å². The van der Waals surface area contributed by atoms with E-state index >= 15 is 0 Å². The Morgan fingerprint density at radius 3 is 3.03 bits per heavy atom. The second kappa shape index (κ2) is 8.78. The molecule has 3 rings (SSSR count). The summed E-state index contributed by atoms with van der Waals surface area (Å²) in [5.41, 5.74) is 5.46. The third-order valence-electron chi connectivity index (χ3n) is 4.28. The Bertz CT molecular complexity index is 939. The summed E-state index contributed by atoms with van der Waals surface area (Å²) < 4.78 is 23.9. The minimum Gasteiger partial charge on any atom is -0.390 e. The van der Waals surface area contributed by atoms with Gasteiger partial charge in [-0.3, -0.25) is 14.3 Å². The zero-order chi connectivity index (χ0) is 21.2. The standard InChI is InChI=1S/C14H23N7O6P2/c1-20(7-28)11-12(18-14(15)19-13(11)23)17-10-4-8(22)9(27-10)5-26-29(24,25)21-3-2-16-6-21/h2-3,6,8-10,22H,4-5,7,28H2,1H3,(H,24,25)(H4,15,17,18,19,23)/t8?,9-,10-/m1/s1. The maximum absolute atomic E-state index is 12.2. The molecule has 6 N–H and O–H groups in total. The van der Waals surface area contributed by atoms with Gasteiger partial charge in [0.15, 0.2) is 5.82 Å². The molecule has 2 aromatic rings. The van der Waals surface area contributed by atoms with Gasteiger partial charge in [-0.1, -0.05) is 0 Å². The number of aromatic nitrogens is 4. The highest BCUT2D eigenvalue weighted by Crippen LogP contribution is 2.43. The average Bonchev–Trinajstić information content (AvgIpc) is 3.29. The van der Waals surface area contributed by atoms with Crippen molar-refractivity contribution in [2.45, 2.75) is 24.9 Å². The van der Waals surface area contributed by atoms with Gasteiger partial charge in [0.05, 0.1) is 12.7 Å². The van der Waals surface area contributed by atoms with Crippen LogP contribution in [0.1, 0.15) is 6.42 Å². The van der Waals surface area contributed by atoms with Crippen molar-refractivity contribution in [1.29, 1.82) is 0 Å².